The number of hydrogen-bond donors (Lipinski definition) is 2. The highest BCUT2D eigenvalue weighted by Crippen LogP contribution is 2.38. The minimum Gasteiger partial charge on any atom is -0.756 e. The van der Waals surface area contributed by atoms with Gasteiger partial charge in [0.1, 0.15) is 13.2 Å². The number of rotatable bonds is 52. The SMILES string of the molecule is CCCCCCCCCCCCCCCCC/C=C/[C@@H](O)[C@H](COP(=O)([O-])OCC[N+](C)(C)C)NC(=O)CCCCCCCCCCCCCCCCCCCCCCCCCCC. The minimum absolute atomic E-state index is 0.00258. The van der Waals surface area contributed by atoms with Gasteiger partial charge in [0.15, 0.2) is 0 Å². The molecule has 0 saturated heterocycles. The second-order valence-electron chi connectivity index (χ2n) is 20.7. The van der Waals surface area contributed by atoms with Crippen LogP contribution in [-0.4, -0.2) is 68.5 Å². The molecule has 0 fully saturated rings. The zero-order chi connectivity index (χ0) is 47.1. The summed E-state index contributed by atoms with van der Waals surface area (Å²) in [5.74, 6) is -0.191. The lowest BCUT2D eigenvalue weighted by molar-refractivity contribution is -0.870. The average molecular weight is 927 g/mol. The standard InChI is InChI=1S/C55H111N2O6P/c1-6-8-10-12-14-16-18-20-22-24-25-26-27-28-29-30-31-33-35-37-39-41-43-45-47-49-55(59)56-53(52-63-64(60,61)62-51-50-57(3,4)5)54(58)48-46-44-42-40-38-36-34-32-23-21-19-17-15-13-11-9-7-2/h46,48,53-54,58H,6-45,47,49-52H2,1-5H3,(H-,56,59,60,61)/b48-46+/t53-,54+/m0/s1. The first-order valence-corrected chi connectivity index (χ1v) is 29.5. The fourth-order valence-corrected chi connectivity index (χ4v) is 9.29. The van der Waals surface area contributed by atoms with Crippen LogP contribution >= 0.6 is 7.82 Å². The molecule has 0 radical (unpaired) electrons. The summed E-state index contributed by atoms with van der Waals surface area (Å²) in [6.45, 7) is 4.69. The van der Waals surface area contributed by atoms with Gasteiger partial charge in [0, 0.05) is 6.42 Å². The molecule has 0 aliphatic heterocycles. The molecule has 0 spiro atoms. The molecule has 9 heteroatoms. The van der Waals surface area contributed by atoms with Gasteiger partial charge in [0.05, 0.1) is 39.9 Å². The molecule has 0 heterocycles. The Bertz CT molecular complexity index is 1050. The summed E-state index contributed by atoms with van der Waals surface area (Å²) in [6, 6.07) is -0.881. The third kappa shape index (κ3) is 49.2. The van der Waals surface area contributed by atoms with Crippen LogP contribution in [0.3, 0.4) is 0 Å². The Balaban J connectivity index is 4.16. The van der Waals surface area contributed by atoms with E-state index in [9.17, 15) is 19.4 Å². The summed E-state index contributed by atoms with van der Waals surface area (Å²) in [6.07, 6.45) is 57.1. The maximum absolute atomic E-state index is 12.9. The highest BCUT2D eigenvalue weighted by atomic mass is 31.2. The number of nitrogens with zero attached hydrogens (tertiary/aromatic N) is 1. The van der Waals surface area contributed by atoms with Gasteiger partial charge in [0.2, 0.25) is 5.91 Å². The Morgan fingerprint density at radius 2 is 0.844 bits per heavy atom. The van der Waals surface area contributed by atoms with Gasteiger partial charge in [-0.05, 0) is 19.3 Å². The Morgan fingerprint density at radius 1 is 0.531 bits per heavy atom. The molecular formula is C55H111N2O6P. The van der Waals surface area contributed by atoms with Gasteiger partial charge >= 0.3 is 0 Å². The number of aliphatic hydroxyl groups is 1. The summed E-state index contributed by atoms with van der Waals surface area (Å²) >= 11 is 0. The van der Waals surface area contributed by atoms with Crippen LogP contribution in [0.25, 0.3) is 0 Å². The number of likely N-dealkylation sites (N-methyl/N-ethyl adjacent to an activating group) is 1. The molecule has 1 unspecified atom stereocenters. The van der Waals surface area contributed by atoms with E-state index in [0.29, 0.717) is 17.4 Å². The minimum atomic E-state index is -4.59. The van der Waals surface area contributed by atoms with Crippen molar-refractivity contribution in [1.82, 2.24) is 5.32 Å². The summed E-state index contributed by atoms with van der Waals surface area (Å²) in [4.78, 5) is 25.5. The first-order valence-electron chi connectivity index (χ1n) is 28.1. The number of allylic oxidation sites excluding steroid dienone is 1. The van der Waals surface area contributed by atoms with E-state index in [1.807, 2.05) is 27.2 Å². The molecule has 0 rings (SSSR count). The van der Waals surface area contributed by atoms with Gasteiger partial charge < -0.3 is 28.8 Å². The molecule has 3 atom stereocenters. The summed E-state index contributed by atoms with van der Waals surface area (Å²) in [5.41, 5.74) is 0. The molecular weight excluding hydrogens is 816 g/mol. The molecule has 0 aromatic carbocycles. The van der Waals surface area contributed by atoms with Crippen molar-refractivity contribution in [3.63, 3.8) is 0 Å². The van der Waals surface area contributed by atoms with E-state index < -0.39 is 20.0 Å². The first-order chi connectivity index (χ1) is 31.0. The van der Waals surface area contributed by atoms with Gasteiger partial charge in [-0.1, -0.05) is 270 Å². The predicted molar refractivity (Wildman–Crippen MR) is 275 cm³/mol. The van der Waals surface area contributed by atoms with Crippen LogP contribution in [0.15, 0.2) is 12.2 Å². The third-order valence-corrected chi connectivity index (χ3v) is 14.0. The zero-order valence-electron chi connectivity index (χ0n) is 43.5. The molecule has 1 amide bonds. The fourth-order valence-electron chi connectivity index (χ4n) is 8.57. The number of unbranched alkanes of at least 4 members (excludes halogenated alkanes) is 39. The van der Waals surface area contributed by atoms with Gasteiger partial charge in [-0.15, -0.1) is 0 Å². The number of quaternary nitrogens is 1. The molecule has 8 nitrogen and oxygen atoms in total. The number of phosphoric ester groups is 1. The maximum atomic E-state index is 12.9. The van der Waals surface area contributed by atoms with Gasteiger partial charge in [-0.2, -0.15) is 0 Å². The number of carbonyl (C=O) groups is 1. The number of carbonyl (C=O) groups excluding carboxylic acids is 1. The van der Waals surface area contributed by atoms with Crippen molar-refractivity contribution in [2.75, 3.05) is 40.9 Å². The topological polar surface area (TPSA) is 108 Å². The lowest BCUT2D eigenvalue weighted by Gasteiger charge is -2.29. The van der Waals surface area contributed by atoms with Crippen LogP contribution < -0.4 is 10.2 Å². The van der Waals surface area contributed by atoms with Crippen molar-refractivity contribution in [2.45, 2.75) is 296 Å². The van der Waals surface area contributed by atoms with Crippen molar-refractivity contribution in [3.05, 3.63) is 12.2 Å². The van der Waals surface area contributed by atoms with Crippen LogP contribution in [0.4, 0.5) is 0 Å². The Labute approximate surface area is 399 Å². The Hall–Kier alpha value is -0.760. The third-order valence-electron chi connectivity index (χ3n) is 13.0. The monoisotopic (exact) mass is 927 g/mol. The maximum Gasteiger partial charge on any atom is 0.268 e. The average Bonchev–Trinajstić information content (AvgIpc) is 3.25. The number of aliphatic hydroxyl groups excluding tert-OH is 1. The van der Waals surface area contributed by atoms with E-state index in [0.717, 1.165) is 38.5 Å². The molecule has 0 aliphatic rings. The first kappa shape index (κ1) is 63.2. The van der Waals surface area contributed by atoms with E-state index in [1.165, 1.54) is 225 Å². The predicted octanol–water partition coefficient (Wildman–Crippen LogP) is 16.0. The molecule has 0 bridgehead atoms. The molecule has 64 heavy (non-hydrogen) atoms. The molecule has 2 N–H and O–H groups in total. The van der Waals surface area contributed by atoms with Crippen LogP contribution in [0.5, 0.6) is 0 Å². The van der Waals surface area contributed by atoms with E-state index in [4.69, 9.17) is 9.05 Å². The number of phosphoric acid groups is 1. The van der Waals surface area contributed by atoms with Crippen LogP contribution in [0.2, 0.25) is 0 Å². The van der Waals surface area contributed by atoms with Crippen LogP contribution in [-0.2, 0) is 18.4 Å². The Kier molecular flexibility index (Phi) is 46.8. The quantitative estimate of drug-likeness (QED) is 0.0272. The highest BCUT2D eigenvalue weighted by molar-refractivity contribution is 7.45. The van der Waals surface area contributed by atoms with Crippen molar-refractivity contribution in [3.8, 4) is 0 Å². The molecule has 0 aromatic rings. The van der Waals surface area contributed by atoms with E-state index in [2.05, 4.69) is 19.2 Å². The van der Waals surface area contributed by atoms with E-state index >= 15 is 0 Å². The van der Waals surface area contributed by atoms with Crippen LogP contribution in [0, 0.1) is 0 Å². The van der Waals surface area contributed by atoms with Crippen molar-refractivity contribution >= 4 is 13.7 Å². The summed E-state index contributed by atoms with van der Waals surface area (Å²) in [5, 5.41) is 13.9. The van der Waals surface area contributed by atoms with Crippen LogP contribution in [0.1, 0.15) is 284 Å². The molecule has 0 aliphatic carbocycles. The van der Waals surface area contributed by atoms with Crippen molar-refractivity contribution < 1.29 is 32.9 Å². The van der Waals surface area contributed by atoms with Gasteiger partial charge in [0.25, 0.3) is 7.82 Å². The zero-order valence-corrected chi connectivity index (χ0v) is 44.4. The summed E-state index contributed by atoms with van der Waals surface area (Å²) in [7, 11) is 1.28. The fraction of sp³-hybridized carbons (Fsp3) is 0.945. The second kappa shape index (κ2) is 47.3. The smallest absolute Gasteiger partial charge is 0.268 e. The van der Waals surface area contributed by atoms with Crippen molar-refractivity contribution in [2.24, 2.45) is 0 Å². The molecule has 382 valence electrons. The molecule has 0 saturated carbocycles. The number of nitrogens with one attached hydrogen (secondary N) is 1. The number of hydrogen-bond acceptors (Lipinski definition) is 6. The van der Waals surface area contributed by atoms with Gasteiger partial charge in [-0.25, -0.2) is 0 Å². The highest BCUT2D eigenvalue weighted by Gasteiger charge is 2.23. The Morgan fingerprint density at radius 3 is 1.17 bits per heavy atom. The van der Waals surface area contributed by atoms with E-state index in [-0.39, 0.29) is 19.1 Å². The lowest BCUT2D eigenvalue weighted by Crippen LogP contribution is -2.45. The largest absolute Gasteiger partial charge is 0.756 e. The second-order valence-corrected chi connectivity index (χ2v) is 22.1. The number of amides is 1. The van der Waals surface area contributed by atoms with Crippen molar-refractivity contribution in [1.29, 1.82) is 0 Å². The molecule has 0 aromatic heterocycles. The van der Waals surface area contributed by atoms with Gasteiger partial charge in [-0.3, -0.25) is 9.36 Å². The lowest BCUT2D eigenvalue weighted by atomic mass is 10.0. The normalized spacial score (nSPS) is 14.0. The van der Waals surface area contributed by atoms with E-state index in [1.54, 1.807) is 6.08 Å². The summed E-state index contributed by atoms with van der Waals surface area (Å²) < 4.78 is 23.3.